The molecule has 1 aliphatic heterocycles. The summed E-state index contributed by atoms with van der Waals surface area (Å²) in [7, 11) is 6.80. The Balaban J connectivity index is 1.90. The second kappa shape index (κ2) is 11.9. The van der Waals surface area contributed by atoms with Crippen molar-refractivity contribution in [2.75, 3.05) is 61.1 Å². The van der Waals surface area contributed by atoms with E-state index in [0.29, 0.717) is 49.5 Å². The molecule has 9 heteroatoms. The number of amides is 2. The molecule has 33 heavy (non-hydrogen) atoms. The Bertz CT molecular complexity index is 831. The minimum Gasteiger partial charge on any atom is -0.493 e. The fourth-order valence-corrected chi connectivity index (χ4v) is 4.03. The molecule has 0 aliphatic carbocycles. The number of methoxy groups -OCH3 is 2. The van der Waals surface area contributed by atoms with E-state index in [1.54, 1.807) is 23.1 Å². The highest BCUT2D eigenvalue weighted by Crippen LogP contribution is 2.29. The van der Waals surface area contributed by atoms with Crippen molar-refractivity contribution in [1.82, 2.24) is 15.1 Å². The quantitative estimate of drug-likeness (QED) is 0.529. The third kappa shape index (κ3) is 7.92. The summed E-state index contributed by atoms with van der Waals surface area (Å²) < 4.78 is 15.3. The zero-order chi connectivity index (χ0) is 24.6. The maximum Gasteiger partial charge on any atom is 0.343 e. The Morgan fingerprint density at radius 3 is 2.36 bits per heavy atom. The average molecular weight is 464 g/mol. The van der Waals surface area contributed by atoms with E-state index in [1.807, 2.05) is 14.1 Å². The number of likely N-dealkylation sites (tertiary alicyclic amines) is 1. The Hall–Kier alpha value is -2.81. The van der Waals surface area contributed by atoms with Crippen LogP contribution in [0.4, 0.5) is 0 Å². The molecule has 0 unspecified atom stereocenters. The summed E-state index contributed by atoms with van der Waals surface area (Å²) >= 11 is 0. The normalized spacial score (nSPS) is 14.7. The third-order valence-corrected chi connectivity index (χ3v) is 5.62. The van der Waals surface area contributed by atoms with Crippen LogP contribution in [-0.2, 0) is 14.3 Å². The van der Waals surface area contributed by atoms with Crippen LogP contribution in [0.25, 0.3) is 0 Å². The molecule has 0 atom stereocenters. The van der Waals surface area contributed by atoms with Crippen LogP contribution in [0.1, 0.15) is 37.0 Å². The van der Waals surface area contributed by atoms with Gasteiger partial charge in [0, 0.05) is 37.7 Å². The lowest BCUT2D eigenvalue weighted by atomic mass is 9.91. The Morgan fingerprint density at radius 1 is 1.12 bits per heavy atom. The molecule has 1 aliphatic rings. The van der Waals surface area contributed by atoms with Gasteiger partial charge in [0.1, 0.15) is 0 Å². The molecule has 2 rings (SSSR count). The molecule has 1 fully saturated rings. The molecule has 9 nitrogen and oxygen atoms in total. The fourth-order valence-electron chi connectivity index (χ4n) is 4.03. The highest BCUT2D eigenvalue weighted by molar-refractivity contribution is 5.95. The van der Waals surface area contributed by atoms with Crippen molar-refractivity contribution in [3.05, 3.63) is 23.8 Å². The van der Waals surface area contributed by atoms with Gasteiger partial charge in [0.05, 0.1) is 14.2 Å². The van der Waals surface area contributed by atoms with E-state index >= 15 is 0 Å². The lowest BCUT2D eigenvalue weighted by Gasteiger charge is -2.33. The predicted molar refractivity (Wildman–Crippen MR) is 124 cm³/mol. The number of piperidine rings is 1. The van der Waals surface area contributed by atoms with Gasteiger partial charge < -0.3 is 29.3 Å². The summed E-state index contributed by atoms with van der Waals surface area (Å²) in [4.78, 5) is 40.8. The van der Waals surface area contributed by atoms with Gasteiger partial charge in [-0.05, 0) is 50.6 Å². The summed E-state index contributed by atoms with van der Waals surface area (Å²) in [6.45, 7) is 6.55. The molecular formula is C24H37N3O6. The van der Waals surface area contributed by atoms with Crippen molar-refractivity contribution in [1.29, 1.82) is 0 Å². The standard InChI is InChI=1S/C24H37N3O6/c1-24(2,16-26(3)4)15-25-22(29)17-9-11-27(12-10-17)23(30)18-7-8-19(20(13-18)31-5)33-14-21(28)32-6/h7-8,13,17H,9-12,14-16H2,1-6H3,(H,25,29). The van der Waals surface area contributed by atoms with Gasteiger partial charge in [-0.25, -0.2) is 4.79 Å². The van der Waals surface area contributed by atoms with Crippen molar-refractivity contribution >= 4 is 17.8 Å². The number of nitrogens with zero attached hydrogens (tertiary/aromatic N) is 2. The molecule has 1 aromatic rings. The molecule has 1 N–H and O–H groups in total. The molecule has 1 heterocycles. The second-order valence-electron chi connectivity index (χ2n) is 9.42. The fraction of sp³-hybridized carbons (Fsp3) is 0.625. The lowest BCUT2D eigenvalue weighted by molar-refractivity contribution is -0.143. The molecule has 0 radical (unpaired) electrons. The third-order valence-electron chi connectivity index (χ3n) is 5.62. The number of rotatable bonds is 10. The first-order valence-corrected chi connectivity index (χ1v) is 11.2. The SMILES string of the molecule is COC(=O)COc1ccc(C(=O)N2CCC(C(=O)NCC(C)(C)CN(C)C)CC2)cc1OC. The van der Waals surface area contributed by atoms with E-state index in [2.05, 4.69) is 28.8 Å². The monoisotopic (exact) mass is 463 g/mol. The van der Waals surface area contributed by atoms with Gasteiger partial charge >= 0.3 is 5.97 Å². The predicted octanol–water partition coefficient (Wildman–Crippen LogP) is 1.80. The number of hydrogen-bond donors (Lipinski definition) is 1. The van der Waals surface area contributed by atoms with Crippen molar-refractivity contribution in [3.8, 4) is 11.5 Å². The van der Waals surface area contributed by atoms with Crippen molar-refractivity contribution in [3.63, 3.8) is 0 Å². The molecule has 1 saturated heterocycles. The van der Waals surface area contributed by atoms with Crippen molar-refractivity contribution < 1.29 is 28.6 Å². The van der Waals surface area contributed by atoms with Crippen LogP contribution < -0.4 is 14.8 Å². The maximum absolute atomic E-state index is 13.0. The average Bonchev–Trinajstić information content (AvgIpc) is 2.79. The number of nitrogens with one attached hydrogen (secondary N) is 1. The van der Waals surface area contributed by atoms with Gasteiger partial charge in [-0.2, -0.15) is 0 Å². The van der Waals surface area contributed by atoms with Crippen LogP contribution in [0.5, 0.6) is 11.5 Å². The van der Waals surface area contributed by atoms with Gasteiger partial charge in [-0.15, -0.1) is 0 Å². The van der Waals surface area contributed by atoms with Gasteiger partial charge in [-0.3, -0.25) is 9.59 Å². The van der Waals surface area contributed by atoms with Crippen LogP contribution >= 0.6 is 0 Å². The van der Waals surface area contributed by atoms with Crippen LogP contribution in [0.2, 0.25) is 0 Å². The van der Waals surface area contributed by atoms with E-state index in [0.717, 1.165) is 6.54 Å². The molecule has 184 valence electrons. The minimum absolute atomic E-state index is 0.0123. The first kappa shape index (κ1) is 26.4. The summed E-state index contributed by atoms with van der Waals surface area (Å²) in [5, 5.41) is 3.09. The first-order chi connectivity index (χ1) is 15.6. The van der Waals surface area contributed by atoms with Crippen LogP contribution in [0.15, 0.2) is 18.2 Å². The van der Waals surface area contributed by atoms with Gasteiger partial charge in [0.2, 0.25) is 5.91 Å². The number of carbonyl (C=O) groups excluding carboxylic acids is 3. The molecule has 2 amide bonds. The van der Waals surface area contributed by atoms with E-state index in [1.165, 1.54) is 14.2 Å². The van der Waals surface area contributed by atoms with Crippen LogP contribution in [-0.4, -0.2) is 88.7 Å². The molecule has 0 aromatic heterocycles. The summed E-state index contributed by atoms with van der Waals surface area (Å²) in [6, 6.07) is 4.84. The zero-order valence-corrected chi connectivity index (χ0v) is 20.6. The van der Waals surface area contributed by atoms with E-state index in [4.69, 9.17) is 9.47 Å². The van der Waals surface area contributed by atoms with E-state index in [-0.39, 0.29) is 29.8 Å². The van der Waals surface area contributed by atoms with Crippen LogP contribution in [0.3, 0.4) is 0 Å². The lowest BCUT2D eigenvalue weighted by Crippen LogP contribution is -2.46. The number of hydrogen-bond acceptors (Lipinski definition) is 7. The van der Waals surface area contributed by atoms with Crippen LogP contribution in [0, 0.1) is 11.3 Å². The number of esters is 1. The number of benzene rings is 1. The van der Waals surface area contributed by atoms with Gasteiger partial charge in [-0.1, -0.05) is 13.8 Å². The van der Waals surface area contributed by atoms with Gasteiger partial charge in [0.25, 0.3) is 5.91 Å². The van der Waals surface area contributed by atoms with Crippen molar-refractivity contribution in [2.24, 2.45) is 11.3 Å². The molecular weight excluding hydrogens is 426 g/mol. The molecule has 0 saturated carbocycles. The number of carbonyl (C=O) groups is 3. The Morgan fingerprint density at radius 2 is 1.79 bits per heavy atom. The maximum atomic E-state index is 13.0. The summed E-state index contributed by atoms with van der Waals surface area (Å²) in [5.41, 5.74) is 0.451. The van der Waals surface area contributed by atoms with E-state index < -0.39 is 5.97 Å². The second-order valence-corrected chi connectivity index (χ2v) is 9.42. The highest BCUT2D eigenvalue weighted by Gasteiger charge is 2.29. The number of ether oxygens (including phenoxy) is 3. The van der Waals surface area contributed by atoms with E-state index in [9.17, 15) is 14.4 Å². The molecule has 0 bridgehead atoms. The topological polar surface area (TPSA) is 97.4 Å². The highest BCUT2D eigenvalue weighted by atomic mass is 16.6. The molecule has 0 spiro atoms. The summed E-state index contributed by atoms with van der Waals surface area (Å²) in [5.74, 6) is 0.0473. The Kier molecular flexibility index (Phi) is 9.52. The first-order valence-electron chi connectivity index (χ1n) is 11.2. The largest absolute Gasteiger partial charge is 0.493 e. The molecule has 1 aromatic carbocycles. The smallest absolute Gasteiger partial charge is 0.343 e. The summed E-state index contributed by atoms with van der Waals surface area (Å²) in [6.07, 6.45) is 1.26. The Labute approximate surface area is 196 Å². The van der Waals surface area contributed by atoms with Crippen molar-refractivity contribution in [2.45, 2.75) is 26.7 Å². The van der Waals surface area contributed by atoms with Gasteiger partial charge in [0.15, 0.2) is 18.1 Å². The minimum atomic E-state index is -0.509. The zero-order valence-electron chi connectivity index (χ0n) is 20.6.